The predicted octanol–water partition coefficient (Wildman–Crippen LogP) is 3.53. The monoisotopic (exact) mass is 291 g/mol. The van der Waals surface area contributed by atoms with Crippen LogP contribution in [0, 0.1) is 5.92 Å². The summed E-state index contributed by atoms with van der Waals surface area (Å²) < 4.78 is 48.5. The second-order valence-electron chi connectivity index (χ2n) is 4.70. The number of hydrogen-bond acceptors (Lipinski definition) is 3. The number of sulfone groups is 1. The van der Waals surface area contributed by atoms with Crippen molar-refractivity contribution in [3.05, 3.63) is 24.3 Å². The van der Waals surface area contributed by atoms with Crippen molar-refractivity contribution in [2.45, 2.75) is 43.9 Å². The zero-order valence-corrected chi connectivity index (χ0v) is 12.0. The van der Waals surface area contributed by atoms with Crippen molar-refractivity contribution in [1.29, 1.82) is 0 Å². The molecular weight excluding hydrogens is 272 g/mol. The summed E-state index contributed by atoms with van der Waals surface area (Å²) in [4.78, 5) is -0.343. The number of anilines is 1. The average Bonchev–Trinajstić information content (AvgIpc) is 2.35. The van der Waals surface area contributed by atoms with Gasteiger partial charge in [-0.1, -0.05) is 32.9 Å². The molecule has 108 valence electrons. The molecule has 1 N–H and O–H groups in total. The van der Waals surface area contributed by atoms with E-state index in [1.54, 1.807) is 6.07 Å². The van der Waals surface area contributed by atoms with Gasteiger partial charge in [-0.25, -0.2) is 8.42 Å². The zero-order valence-electron chi connectivity index (χ0n) is 11.2. The molecule has 0 saturated heterocycles. The molecular formula is C13H19F2NO2S. The second kappa shape index (κ2) is 6.32. The Morgan fingerprint density at radius 2 is 1.79 bits per heavy atom. The smallest absolute Gasteiger partial charge is 0.341 e. The predicted molar refractivity (Wildman–Crippen MR) is 72.2 cm³/mol. The molecule has 1 aromatic rings. The minimum absolute atomic E-state index is 0.0361. The third-order valence-corrected chi connectivity index (χ3v) is 4.45. The molecule has 19 heavy (non-hydrogen) atoms. The number of alkyl halides is 2. The average molecular weight is 291 g/mol. The summed E-state index contributed by atoms with van der Waals surface area (Å²) in [5.41, 5.74) is 0.239. The van der Waals surface area contributed by atoms with E-state index in [-0.39, 0.29) is 22.5 Å². The van der Waals surface area contributed by atoms with Crippen LogP contribution in [0.15, 0.2) is 29.2 Å². The Morgan fingerprint density at radius 3 is 2.26 bits per heavy atom. The molecule has 0 aromatic heterocycles. The molecule has 0 spiro atoms. The van der Waals surface area contributed by atoms with Gasteiger partial charge in [-0.05, 0) is 24.5 Å². The highest BCUT2D eigenvalue weighted by atomic mass is 32.2. The first-order valence-electron chi connectivity index (χ1n) is 6.18. The number of benzene rings is 1. The molecule has 6 heteroatoms. The van der Waals surface area contributed by atoms with Crippen LogP contribution in [0.5, 0.6) is 0 Å². The number of para-hydroxylation sites is 1. The van der Waals surface area contributed by atoms with E-state index in [4.69, 9.17) is 0 Å². The lowest BCUT2D eigenvalue weighted by Gasteiger charge is -2.23. The molecule has 1 atom stereocenters. The summed E-state index contributed by atoms with van der Waals surface area (Å²) in [5, 5.41) is 3.05. The van der Waals surface area contributed by atoms with E-state index in [9.17, 15) is 17.2 Å². The van der Waals surface area contributed by atoms with Gasteiger partial charge >= 0.3 is 5.76 Å². The third-order valence-electron chi connectivity index (χ3n) is 3.01. The Morgan fingerprint density at radius 1 is 1.21 bits per heavy atom. The van der Waals surface area contributed by atoms with Gasteiger partial charge < -0.3 is 5.32 Å². The Labute approximate surface area is 112 Å². The molecule has 3 nitrogen and oxygen atoms in total. The van der Waals surface area contributed by atoms with Crippen LogP contribution in [-0.2, 0) is 9.84 Å². The first-order chi connectivity index (χ1) is 8.80. The number of hydrogen-bond donors (Lipinski definition) is 1. The molecule has 0 aliphatic rings. The summed E-state index contributed by atoms with van der Waals surface area (Å²) in [5.74, 6) is -3.14. The van der Waals surface area contributed by atoms with Crippen molar-refractivity contribution in [2.75, 3.05) is 5.32 Å². The van der Waals surface area contributed by atoms with Crippen molar-refractivity contribution < 1.29 is 17.2 Å². The van der Waals surface area contributed by atoms with Crippen molar-refractivity contribution in [2.24, 2.45) is 5.92 Å². The van der Waals surface area contributed by atoms with Gasteiger partial charge in [-0.15, -0.1) is 0 Å². The SMILES string of the molecule is CCC(Nc1ccccc1S(=O)(=O)C(F)F)C(C)C. The number of halogens is 2. The summed E-state index contributed by atoms with van der Waals surface area (Å²) in [6, 6.07) is 5.82. The lowest BCUT2D eigenvalue weighted by molar-refractivity contribution is 0.235. The summed E-state index contributed by atoms with van der Waals surface area (Å²) >= 11 is 0. The van der Waals surface area contributed by atoms with Crippen LogP contribution < -0.4 is 5.32 Å². The van der Waals surface area contributed by atoms with Crippen molar-refractivity contribution in [1.82, 2.24) is 0 Å². The normalized spacial score (nSPS) is 13.8. The maximum Gasteiger partial charge on any atom is 0.341 e. The fourth-order valence-electron chi connectivity index (χ4n) is 1.87. The fraction of sp³-hybridized carbons (Fsp3) is 0.538. The Balaban J connectivity index is 3.17. The Hall–Kier alpha value is -1.17. The first-order valence-corrected chi connectivity index (χ1v) is 7.73. The molecule has 1 unspecified atom stereocenters. The highest BCUT2D eigenvalue weighted by Gasteiger charge is 2.29. The van der Waals surface area contributed by atoms with Gasteiger partial charge in [-0.2, -0.15) is 8.78 Å². The highest BCUT2D eigenvalue weighted by Crippen LogP contribution is 2.27. The van der Waals surface area contributed by atoms with Gasteiger partial charge in [-0.3, -0.25) is 0 Å². The van der Waals surface area contributed by atoms with E-state index in [1.807, 2.05) is 20.8 Å². The topological polar surface area (TPSA) is 46.2 Å². The lowest BCUT2D eigenvalue weighted by atomic mass is 10.0. The molecule has 0 radical (unpaired) electrons. The highest BCUT2D eigenvalue weighted by molar-refractivity contribution is 7.91. The third kappa shape index (κ3) is 3.65. The molecule has 0 amide bonds. The van der Waals surface area contributed by atoms with Crippen LogP contribution in [0.3, 0.4) is 0 Å². The van der Waals surface area contributed by atoms with Crippen molar-refractivity contribution in [3.8, 4) is 0 Å². The van der Waals surface area contributed by atoms with E-state index in [0.29, 0.717) is 0 Å². The Bertz CT molecular complexity index is 515. The molecule has 0 aliphatic heterocycles. The minimum Gasteiger partial charge on any atom is -0.381 e. The van der Waals surface area contributed by atoms with Crippen molar-refractivity contribution in [3.63, 3.8) is 0 Å². The van der Waals surface area contributed by atoms with Crippen LogP contribution in [0.1, 0.15) is 27.2 Å². The van der Waals surface area contributed by atoms with E-state index >= 15 is 0 Å². The molecule has 0 bridgehead atoms. The van der Waals surface area contributed by atoms with E-state index in [2.05, 4.69) is 5.32 Å². The summed E-state index contributed by atoms with van der Waals surface area (Å²) in [6.45, 7) is 5.94. The summed E-state index contributed by atoms with van der Waals surface area (Å²) in [7, 11) is -4.58. The van der Waals surface area contributed by atoms with E-state index in [0.717, 1.165) is 6.42 Å². The van der Waals surface area contributed by atoms with Crippen LogP contribution in [-0.4, -0.2) is 20.2 Å². The maximum absolute atomic E-state index is 12.6. The Kier molecular flexibility index (Phi) is 5.29. The molecule has 1 rings (SSSR count). The van der Waals surface area contributed by atoms with Crippen molar-refractivity contribution >= 4 is 15.5 Å². The van der Waals surface area contributed by atoms with Crippen LogP contribution in [0.2, 0.25) is 0 Å². The summed E-state index contributed by atoms with van der Waals surface area (Å²) in [6.07, 6.45) is 0.778. The van der Waals surface area contributed by atoms with Gasteiger partial charge in [0.2, 0.25) is 9.84 Å². The quantitative estimate of drug-likeness (QED) is 0.872. The zero-order chi connectivity index (χ0) is 14.6. The standard InChI is InChI=1S/C13H19F2NO2S/c1-4-10(9(2)3)16-11-7-5-6-8-12(11)19(17,18)13(14)15/h5-10,13,16H,4H2,1-3H3. The van der Waals surface area contributed by atoms with Gasteiger partial charge in [0.05, 0.1) is 10.6 Å². The van der Waals surface area contributed by atoms with E-state index < -0.39 is 15.6 Å². The molecule has 0 aliphatic carbocycles. The number of nitrogens with one attached hydrogen (secondary N) is 1. The van der Waals surface area contributed by atoms with Crippen LogP contribution in [0.4, 0.5) is 14.5 Å². The second-order valence-corrected chi connectivity index (χ2v) is 6.59. The van der Waals surface area contributed by atoms with Crippen LogP contribution in [0.25, 0.3) is 0 Å². The van der Waals surface area contributed by atoms with Crippen LogP contribution >= 0.6 is 0 Å². The molecule has 0 saturated carbocycles. The molecule has 0 heterocycles. The van der Waals surface area contributed by atoms with Gasteiger partial charge in [0.25, 0.3) is 0 Å². The van der Waals surface area contributed by atoms with Gasteiger partial charge in [0.1, 0.15) is 0 Å². The lowest BCUT2D eigenvalue weighted by Crippen LogP contribution is -2.26. The maximum atomic E-state index is 12.6. The van der Waals surface area contributed by atoms with Gasteiger partial charge in [0.15, 0.2) is 0 Å². The largest absolute Gasteiger partial charge is 0.381 e. The fourth-order valence-corrected chi connectivity index (χ4v) is 2.76. The van der Waals surface area contributed by atoms with Gasteiger partial charge in [0, 0.05) is 6.04 Å². The molecule has 0 fully saturated rings. The first kappa shape index (κ1) is 15.9. The number of rotatable bonds is 6. The molecule has 1 aromatic carbocycles. The minimum atomic E-state index is -4.58. The van der Waals surface area contributed by atoms with E-state index in [1.165, 1.54) is 18.2 Å².